The van der Waals surface area contributed by atoms with Gasteiger partial charge in [0.25, 0.3) is 0 Å². The average molecular weight is 429 g/mol. The Balaban J connectivity index is 1.33. The molecule has 0 saturated carbocycles. The second-order valence-corrected chi connectivity index (χ2v) is 9.75. The number of anilines is 1. The van der Waals surface area contributed by atoms with E-state index in [2.05, 4.69) is 10.1 Å². The fourth-order valence-corrected chi connectivity index (χ4v) is 6.10. The zero-order chi connectivity index (χ0) is 19.9. The summed E-state index contributed by atoms with van der Waals surface area (Å²) in [5.41, 5.74) is 1.55. The van der Waals surface area contributed by atoms with Gasteiger partial charge in [0.1, 0.15) is 6.10 Å². The van der Waals surface area contributed by atoms with Gasteiger partial charge in [0, 0.05) is 33.5 Å². The average Bonchev–Trinajstić information content (AvgIpc) is 3.50. The number of imide groups is 1. The number of carbonyl (C=O) groups excluding carboxylic acids is 2. The van der Waals surface area contributed by atoms with Crippen molar-refractivity contribution in [1.82, 2.24) is 4.98 Å². The molecule has 7 unspecified atom stereocenters. The molecule has 0 radical (unpaired) electrons. The van der Waals surface area contributed by atoms with Crippen LogP contribution in [0.1, 0.15) is 5.56 Å². The number of amides is 2. The van der Waals surface area contributed by atoms with Gasteiger partial charge in [-0.15, -0.1) is 11.3 Å². The fourth-order valence-electron chi connectivity index (χ4n) is 4.93. The molecule has 8 nitrogen and oxygen atoms in total. The first-order chi connectivity index (χ1) is 14.1. The SMILES string of the molecule is CS(=O)c1ccc(C2=NOC3C4OC(C23)C2C(=O)N(c3nccs3)C(=O)C42)cc1. The van der Waals surface area contributed by atoms with Crippen LogP contribution in [0.25, 0.3) is 0 Å². The van der Waals surface area contributed by atoms with E-state index in [9.17, 15) is 13.8 Å². The molecule has 2 aromatic rings. The van der Waals surface area contributed by atoms with Gasteiger partial charge in [0.15, 0.2) is 11.2 Å². The normalized spacial score (nSPS) is 35.5. The molecule has 4 aliphatic heterocycles. The lowest BCUT2D eigenvalue weighted by atomic mass is 9.71. The molecular weight excluding hydrogens is 414 g/mol. The summed E-state index contributed by atoms with van der Waals surface area (Å²) in [6.45, 7) is 0. The molecule has 0 aliphatic carbocycles. The lowest BCUT2D eigenvalue weighted by Gasteiger charge is -2.26. The highest BCUT2D eigenvalue weighted by molar-refractivity contribution is 7.84. The van der Waals surface area contributed by atoms with Gasteiger partial charge in [-0.25, -0.2) is 9.88 Å². The molecule has 7 atom stereocenters. The lowest BCUT2D eigenvalue weighted by Crippen LogP contribution is -2.45. The molecule has 2 amide bonds. The third-order valence-corrected chi connectivity index (χ3v) is 7.83. The van der Waals surface area contributed by atoms with Crippen molar-refractivity contribution in [3.05, 3.63) is 41.4 Å². The highest BCUT2D eigenvalue weighted by Crippen LogP contribution is 2.55. The molecule has 4 aliphatic rings. The summed E-state index contributed by atoms with van der Waals surface area (Å²) < 4.78 is 17.7. The Labute approximate surface area is 172 Å². The summed E-state index contributed by atoms with van der Waals surface area (Å²) in [5, 5.41) is 6.41. The van der Waals surface area contributed by atoms with Crippen LogP contribution in [0.2, 0.25) is 0 Å². The van der Waals surface area contributed by atoms with E-state index in [1.165, 1.54) is 16.2 Å². The Hall–Kier alpha value is -2.43. The van der Waals surface area contributed by atoms with Gasteiger partial charge in [-0.1, -0.05) is 17.3 Å². The molecule has 10 heteroatoms. The fraction of sp³-hybridized carbons (Fsp3) is 0.368. The van der Waals surface area contributed by atoms with Gasteiger partial charge in [-0.2, -0.15) is 0 Å². The number of carbonyl (C=O) groups is 2. The predicted octanol–water partition coefficient (Wildman–Crippen LogP) is 1.19. The number of thiazole rings is 1. The molecule has 6 rings (SSSR count). The molecule has 0 spiro atoms. The third kappa shape index (κ3) is 2.24. The summed E-state index contributed by atoms with van der Waals surface area (Å²) in [6.07, 6.45) is 1.86. The molecule has 1 aromatic carbocycles. The molecule has 3 fully saturated rings. The van der Waals surface area contributed by atoms with Gasteiger partial charge in [-0.05, 0) is 17.7 Å². The van der Waals surface area contributed by atoms with Crippen molar-refractivity contribution in [1.29, 1.82) is 0 Å². The Bertz CT molecular complexity index is 1080. The van der Waals surface area contributed by atoms with Crippen LogP contribution in [0.3, 0.4) is 0 Å². The van der Waals surface area contributed by atoms with Crippen LogP contribution in [0.5, 0.6) is 0 Å². The van der Waals surface area contributed by atoms with Crippen LogP contribution >= 0.6 is 11.3 Å². The summed E-state index contributed by atoms with van der Waals surface area (Å²) >= 11 is 1.26. The molecule has 1 aromatic heterocycles. The van der Waals surface area contributed by atoms with Crippen molar-refractivity contribution < 1.29 is 23.4 Å². The van der Waals surface area contributed by atoms with Crippen molar-refractivity contribution in [2.45, 2.75) is 23.2 Å². The van der Waals surface area contributed by atoms with E-state index < -0.39 is 34.8 Å². The first-order valence-electron chi connectivity index (χ1n) is 9.16. The number of ether oxygens (including phenoxy) is 1. The van der Waals surface area contributed by atoms with E-state index in [0.717, 1.165) is 10.5 Å². The van der Waals surface area contributed by atoms with Crippen LogP contribution in [0.15, 0.2) is 45.9 Å². The van der Waals surface area contributed by atoms with Crippen molar-refractivity contribution in [2.24, 2.45) is 22.9 Å². The highest BCUT2D eigenvalue weighted by Gasteiger charge is 2.72. The van der Waals surface area contributed by atoms with Gasteiger partial charge >= 0.3 is 0 Å². The molecule has 0 N–H and O–H groups in total. The van der Waals surface area contributed by atoms with Crippen LogP contribution < -0.4 is 4.90 Å². The van der Waals surface area contributed by atoms with Crippen LogP contribution in [0.4, 0.5) is 5.13 Å². The monoisotopic (exact) mass is 429 g/mol. The van der Waals surface area contributed by atoms with E-state index in [0.29, 0.717) is 10.8 Å². The zero-order valence-electron chi connectivity index (χ0n) is 15.1. The zero-order valence-corrected chi connectivity index (χ0v) is 16.8. The van der Waals surface area contributed by atoms with Crippen molar-refractivity contribution >= 4 is 44.8 Å². The highest BCUT2D eigenvalue weighted by atomic mass is 32.2. The van der Waals surface area contributed by atoms with E-state index >= 15 is 0 Å². The van der Waals surface area contributed by atoms with E-state index in [1.54, 1.807) is 30.0 Å². The Morgan fingerprint density at radius 1 is 1.03 bits per heavy atom. The number of benzene rings is 1. The molecule has 2 bridgehead atoms. The number of fused-ring (bicyclic) bond motifs is 8. The predicted molar refractivity (Wildman–Crippen MR) is 104 cm³/mol. The standard InChI is InChI=1S/C19H15N3O5S2/c1-29(25)9-4-2-8(3-5-9)13-12-14-10-11(15(26-14)16(12)27-21-13)18(24)22(17(10)23)19-20-6-7-28-19/h2-7,10-12,14-16H,1H3. The Kier molecular flexibility index (Phi) is 3.63. The lowest BCUT2D eigenvalue weighted by molar-refractivity contribution is -0.125. The minimum absolute atomic E-state index is 0.216. The first kappa shape index (κ1) is 17.4. The van der Waals surface area contributed by atoms with Crippen LogP contribution in [-0.4, -0.2) is 51.3 Å². The smallest absolute Gasteiger partial charge is 0.242 e. The quantitative estimate of drug-likeness (QED) is 0.680. The number of oxime groups is 1. The van der Waals surface area contributed by atoms with Gasteiger partial charge < -0.3 is 9.57 Å². The molecule has 5 heterocycles. The minimum atomic E-state index is -1.07. The van der Waals surface area contributed by atoms with E-state index in [4.69, 9.17) is 9.57 Å². The van der Waals surface area contributed by atoms with Gasteiger partial charge in [0.05, 0.1) is 29.6 Å². The van der Waals surface area contributed by atoms with Crippen LogP contribution in [-0.2, 0) is 30.0 Å². The number of hydrogen-bond donors (Lipinski definition) is 0. The number of hydrogen-bond acceptors (Lipinski definition) is 8. The number of rotatable bonds is 3. The minimum Gasteiger partial charge on any atom is -0.389 e. The molecule has 29 heavy (non-hydrogen) atoms. The number of nitrogens with zero attached hydrogens (tertiary/aromatic N) is 3. The maximum Gasteiger partial charge on any atom is 0.242 e. The summed E-state index contributed by atoms with van der Waals surface area (Å²) in [7, 11) is -1.07. The second-order valence-electron chi connectivity index (χ2n) is 7.49. The molecule has 148 valence electrons. The van der Waals surface area contributed by atoms with E-state index in [-0.39, 0.29) is 23.8 Å². The molecular formula is C19H15N3O5S2. The first-order valence-corrected chi connectivity index (χ1v) is 11.6. The van der Waals surface area contributed by atoms with Crippen molar-refractivity contribution in [3.8, 4) is 0 Å². The summed E-state index contributed by atoms with van der Waals surface area (Å²) in [5.74, 6) is -1.85. The maximum absolute atomic E-state index is 13.1. The van der Waals surface area contributed by atoms with E-state index in [1.807, 2.05) is 12.1 Å². The Morgan fingerprint density at radius 2 is 1.76 bits per heavy atom. The largest absolute Gasteiger partial charge is 0.389 e. The Morgan fingerprint density at radius 3 is 2.41 bits per heavy atom. The van der Waals surface area contributed by atoms with Crippen molar-refractivity contribution in [3.63, 3.8) is 0 Å². The van der Waals surface area contributed by atoms with Gasteiger partial charge in [-0.3, -0.25) is 13.8 Å². The summed E-state index contributed by atoms with van der Waals surface area (Å²) in [4.78, 5) is 37.9. The third-order valence-electron chi connectivity index (χ3n) is 6.13. The topological polar surface area (TPSA) is 98.2 Å². The maximum atomic E-state index is 13.1. The molecule has 3 saturated heterocycles. The summed E-state index contributed by atoms with van der Waals surface area (Å²) in [6, 6.07) is 7.31. The van der Waals surface area contributed by atoms with Crippen molar-refractivity contribution in [2.75, 3.05) is 11.2 Å². The van der Waals surface area contributed by atoms with Crippen LogP contribution in [0, 0.1) is 17.8 Å². The van der Waals surface area contributed by atoms with Gasteiger partial charge in [0.2, 0.25) is 11.8 Å². The second kappa shape index (κ2) is 6.04. The number of aromatic nitrogens is 1.